The van der Waals surface area contributed by atoms with Crippen LogP contribution in [0.5, 0.6) is 5.75 Å². The zero-order valence-electron chi connectivity index (χ0n) is 13.0. The van der Waals surface area contributed by atoms with Crippen molar-refractivity contribution < 1.29 is 9.53 Å². The van der Waals surface area contributed by atoms with E-state index in [2.05, 4.69) is 10.5 Å². The van der Waals surface area contributed by atoms with Crippen LogP contribution in [0.4, 0.5) is 5.69 Å². The summed E-state index contributed by atoms with van der Waals surface area (Å²) < 4.78 is 5.40. The molecule has 0 saturated heterocycles. The number of ether oxygens (including phenoxy) is 1. The second-order valence-corrected chi connectivity index (χ2v) is 5.46. The third kappa shape index (κ3) is 5.00. The molecule has 0 heterocycles. The van der Waals surface area contributed by atoms with Crippen molar-refractivity contribution in [1.29, 1.82) is 0 Å². The fraction of sp³-hybridized carbons (Fsp3) is 0.176. The van der Waals surface area contributed by atoms with Crippen molar-refractivity contribution in [3.63, 3.8) is 0 Å². The van der Waals surface area contributed by atoms with Crippen molar-refractivity contribution in [2.45, 2.75) is 13.8 Å². The molecule has 2 aromatic rings. The molecule has 0 aliphatic heterocycles. The maximum Gasteiger partial charge on any atom is 0.277 e. The van der Waals surface area contributed by atoms with Gasteiger partial charge < -0.3 is 10.5 Å². The van der Waals surface area contributed by atoms with Crippen molar-refractivity contribution in [3.8, 4) is 5.75 Å². The molecule has 5 nitrogen and oxygen atoms in total. The molecule has 0 aliphatic rings. The van der Waals surface area contributed by atoms with Crippen molar-refractivity contribution in [1.82, 2.24) is 5.43 Å². The first-order valence-corrected chi connectivity index (χ1v) is 7.41. The van der Waals surface area contributed by atoms with Crippen LogP contribution in [0.25, 0.3) is 0 Å². The monoisotopic (exact) mass is 331 g/mol. The molecule has 0 spiro atoms. The lowest BCUT2D eigenvalue weighted by molar-refractivity contribution is -0.123. The Balaban J connectivity index is 1.88. The summed E-state index contributed by atoms with van der Waals surface area (Å²) >= 11 is 5.94. The van der Waals surface area contributed by atoms with Crippen LogP contribution in [-0.4, -0.2) is 18.2 Å². The van der Waals surface area contributed by atoms with Crippen LogP contribution in [0.15, 0.2) is 47.6 Å². The van der Waals surface area contributed by atoms with E-state index in [9.17, 15) is 4.79 Å². The summed E-state index contributed by atoms with van der Waals surface area (Å²) in [5.74, 6) is 0.244. The Morgan fingerprint density at radius 3 is 2.61 bits per heavy atom. The predicted octanol–water partition coefficient (Wildman–Crippen LogP) is 3.15. The largest absolute Gasteiger partial charge is 0.484 e. The van der Waals surface area contributed by atoms with E-state index in [4.69, 9.17) is 22.1 Å². The van der Waals surface area contributed by atoms with E-state index in [0.29, 0.717) is 22.2 Å². The highest BCUT2D eigenvalue weighted by Crippen LogP contribution is 2.20. The third-order valence-corrected chi connectivity index (χ3v) is 3.60. The first-order valence-electron chi connectivity index (χ1n) is 7.03. The number of rotatable bonds is 5. The fourth-order valence-corrected chi connectivity index (χ4v) is 1.94. The lowest BCUT2D eigenvalue weighted by Gasteiger charge is -2.07. The molecule has 2 aromatic carbocycles. The quantitative estimate of drug-likeness (QED) is 0.502. The SMILES string of the molecule is CC(=NNC(=O)COc1ccc(Cl)c(C)c1)c1ccc(N)cc1. The number of amides is 1. The standard InChI is InChI=1S/C17H18ClN3O2/c1-11-9-15(7-8-16(11)18)23-10-17(22)21-20-12(2)13-3-5-14(19)6-4-13/h3-9H,10,19H2,1-2H3,(H,21,22). The van der Waals surface area contributed by atoms with Gasteiger partial charge in [0.05, 0.1) is 5.71 Å². The minimum atomic E-state index is -0.340. The number of carbonyl (C=O) groups excluding carboxylic acids is 1. The molecule has 2 rings (SSSR count). The second kappa shape index (κ2) is 7.65. The van der Waals surface area contributed by atoms with Gasteiger partial charge in [0.15, 0.2) is 6.61 Å². The summed E-state index contributed by atoms with van der Waals surface area (Å²) in [6.45, 7) is 3.55. The molecular formula is C17H18ClN3O2. The first kappa shape index (κ1) is 16.8. The van der Waals surface area contributed by atoms with Gasteiger partial charge in [-0.3, -0.25) is 4.79 Å². The van der Waals surface area contributed by atoms with Gasteiger partial charge in [-0.25, -0.2) is 5.43 Å². The number of carbonyl (C=O) groups is 1. The van der Waals surface area contributed by atoms with Crippen LogP contribution in [-0.2, 0) is 4.79 Å². The Morgan fingerprint density at radius 2 is 1.96 bits per heavy atom. The molecule has 0 radical (unpaired) electrons. The molecule has 0 aliphatic carbocycles. The van der Waals surface area contributed by atoms with Gasteiger partial charge in [0.1, 0.15) is 5.75 Å². The van der Waals surface area contributed by atoms with Crippen molar-refractivity contribution >= 4 is 28.9 Å². The minimum Gasteiger partial charge on any atom is -0.484 e. The van der Waals surface area contributed by atoms with E-state index in [0.717, 1.165) is 11.1 Å². The average Bonchev–Trinajstić information content (AvgIpc) is 2.54. The molecule has 0 fully saturated rings. The first-order chi connectivity index (χ1) is 11.0. The summed E-state index contributed by atoms with van der Waals surface area (Å²) in [6.07, 6.45) is 0. The Morgan fingerprint density at radius 1 is 1.26 bits per heavy atom. The van der Waals surface area contributed by atoms with Crippen LogP contribution in [0.2, 0.25) is 5.02 Å². The molecule has 0 unspecified atom stereocenters. The third-order valence-electron chi connectivity index (χ3n) is 3.18. The summed E-state index contributed by atoms with van der Waals surface area (Å²) in [6, 6.07) is 12.5. The van der Waals surface area contributed by atoms with Crippen LogP contribution in [0.3, 0.4) is 0 Å². The number of benzene rings is 2. The lowest BCUT2D eigenvalue weighted by Crippen LogP contribution is -2.25. The molecule has 3 N–H and O–H groups in total. The molecule has 1 amide bonds. The highest BCUT2D eigenvalue weighted by atomic mass is 35.5. The molecule has 0 bridgehead atoms. The van der Waals surface area contributed by atoms with Gasteiger partial charge in [-0.05, 0) is 55.3 Å². The molecule has 23 heavy (non-hydrogen) atoms. The van der Waals surface area contributed by atoms with Crippen LogP contribution in [0.1, 0.15) is 18.1 Å². The topological polar surface area (TPSA) is 76.7 Å². The van der Waals surface area contributed by atoms with E-state index in [1.807, 2.05) is 19.1 Å². The van der Waals surface area contributed by atoms with E-state index in [1.165, 1.54) is 0 Å². The normalized spacial score (nSPS) is 11.2. The zero-order valence-corrected chi connectivity index (χ0v) is 13.7. The molecule has 0 atom stereocenters. The van der Waals surface area contributed by atoms with Gasteiger partial charge in [-0.2, -0.15) is 5.10 Å². The number of nitrogens with one attached hydrogen (secondary N) is 1. The number of hydrogen-bond acceptors (Lipinski definition) is 4. The number of halogens is 1. The van der Waals surface area contributed by atoms with Gasteiger partial charge in [0, 0.05) is 10.7 Å². The Kier molecular flexibility index (Phi) is 5.60. The minimum absolute atomic E-state index is 0.125. The smallest absolute Gasteiger partial charge is 0.277 e. The zero-order chi connectivity index (χ0) is 16.8. The van der Waals surface area contributed by atoms with Crippen LogP contribution >= 0.6 is 11.6 Å². The summed E-state index contributed by atoms with van der Waals surface area (Å²) in [7, 11) is 0. The molecule has 0 aromatic heterocycles. The van der Waals surface area contributed by atoms with Gasteiger partial charge in [0.2, 0.25) is 0 Å². The highest BCUT2D eigenvalue weighted by Gasteiger charge is 2.04. The van der Waals surface area contributed by atoms with E-state index < -0.39 is 0 Å². The number of aryl methyl sites for hydroxylation is 1. The second-order valence-electron chi connectivity index (χ2n) is 5.05. The van der Waals surface area contributed by atoms with Crippen molar-refractivity contribution in [2.24, 2.45) is 5.10 Å². The summed E-state index contributed by atoms with van der Waals surface area (Å²) in [5, 5.41) is 4.70. The van der Waals surface area contributed by atoms with E-state index in [1.54, 1.807) is 37.3 Å². The molecular weight excluding hydrogens is 314 g/mol. The summed E-state index contributed by atoms with van der Waals surface area (Å²) in [5.41, 5.74) is 11.2. The molecule has 6 heteroatoms. The van der Waals surface area contributed by atoms with Crippen molar-refractivity contribution in [3.05, 3.63) is 58.6 Å². The number of hydrazone groups is 1. The lowest BCUT2D eigenvalue weighted by atomic mass is 10.1. The summed E-state index contributed by atoms with van der Waals surface area (Å²) in [4.78, 5) is 11.8. The average molecular weight is 332 g/mol. The Bertz CT molecular complexity index is 727. The Labute approximate surface area is 140 Å². The highest BCUT2D eigenvalue weighted by molar-refractivity contribution is 6.31. The number of nitrogens with two attached hydrogens (primary N) is 1. The maximum absolute atomic E-state index is 11.8. The fourth-order valence-electron chi connectivity index (χ4n) is 1.82. The maximum atomic E-state index is 11.8. The van der Waals surface area contributed by atoms with Crippen molar-refractivity contribution in [2.75, 3.05) is 12.3 Å². The molecule has 120 valence electrons. The predicted molar refractivity (Wildman–Crippen MR) is 92.9 cm³/mol. The van der Waals surface area contributed by atoms with E-state index >= 15 is 0 Å². The molecule has 0 saturated carbocycles. The van der Waals surface area contributed by atoms with Crippen LogP contribution in [0, 0.1) is 6.92 Å². The number of nitrogens with zero attached hydrogens (tertiary/aromatic N) is 1. The van der Waals surface area contributed by atoms with Gasteiger partial charge in [-0.15, -0.1) is 0 Å². The number of nitrogen functional groups attached to an aromatic ring is 1. The van der Waals surface area contributed by atoms with Gasteiger partial charge in [-0.1, -0.05) is 23.7 Å². The van der Waals surface area contributed by atoms with Crippen LogP contribution < -0.4 is 15.9 Å². The Hall–Kier alpha value is -2.53. The number of anilines is 1. The van der Waals surface area contributed by atoms with Gasteiger partial charge >= 0.3 is 0 Å². The number of hydrogen-bond donors (Lipinski definition) is 2. The van der Waals surface area contributed by atoms with Gasteiger partial charge in [0.25, 0.3) is 5.91 Å². The van der Waals surface area contributed by atoms with E-state index in [-0.39, 0.29) is 12.5 Å².